The van der Waals surface area contributed by atoms with Crippen LogP contribution in [-0.4, -0.2) is 32.3 Å². The Morgan fingerprint density at radius 1 is 1.10 bits per heavy atom. The summed E-state index contributed by atoms with van der Waals surface area (Å²) in [6.45, 7) is 3.93. The molecule has 0 saturated heterocycles. The summed E-state index contributed by atoms with van der Waals surface area (Å²) in [5, 5.41) is 0. The molecular weight excluding hydrogens is 272 g/mol. The minimum Gasteiger partial charge on any atom is -0.496 e. The predicted molar refractivity (Wildman–Crippen MR) is 78.9 cm³/mol. The molecule has 1 rings (SSSR count). The fourth-order valence-electron chi connectivity index (χ4n) is 1.75. The van der Waals surface area contributed by atoms with Gasteiger partial charge in [0.25, 0.3) is 0 Å². The second-order valence-corrected chi connectivity index (χ2v) is 4.11. The molecule has 1 aromatic rings. The van der Waals surface area contributed by atoms with E-state index in [0.717, 1.165) is 0 Å². The first-order chi connectivity index (χ1) is 10.1. The Bertz CT molecular complexity index is 519. The molecule has 0 heterocycles. The highest BCUT2D eigenvalue weighted by atomic mass is 16.5. The van der Waals surface area contributed by atoms with Crippen LogP contribution in [0, 0.1) is 0 Å². The van der Waals surface area contributed by atoms with Gasteiger partial charge in [-0.15, -0.1) is 0 Å². The summed E-state index contributed by atoms with van der Waals surface area (Å²) in [4.78, 5) is 23.6. The van der Waals surface area contributed by atoms with Crippen LogP contribution in [0.5, 0.6) is 5.75 Å². The van der Waals surface area contributed by atoms with Gasteiger partial charge in [0.1, 0.15) is 5.75 Å². The molecule has 0 N–H and O–H groups in total. The highest BCUT2D eigenvalue weighted by Crippen LogP contribution is 2.22. The summed E-state index contributed by atoms with van der Waals surface area (Å²) in [7, 11) is 1.54. The minimum atomic E-state index is -0.531. The van der Waals surface area contributed by atoms with Gasteiger partial charge in [-0.1, -0.05) is 18.2 Å². The average molecular weight is 292 g/mol. The van der Waals surface area contributed by atoms with Crippen LogP contribution in [0.2, 0.25) is 0 Å². The van der Waals surface area contributed by atoms with Crippen LogP contribution in [0.4, 0.5) is 0 Å². The van der Waals surface area contributed by atoms with Gasteiger partial charge in [0.05, 0.1) is 26.7 Å². The Morgan fingerprint density at radius 3 is 2.38 bits per heavy atom. The maximum absolute atomic E-state index is 11.9. The van der Waals surface area contributed by atoms with Gasteiger partial charge in [0.2, 0.25) is 0 Å². The Morgan fingerprint density at radius 2 is 1.76 bits per heavy atom. The van der Waals surface area contributed by atoms with Gasteiger partial charge in [-0.05, 0) is 26.0 Å². The maximum atomic E-state index is 11.9. The van der Waals surface area contributed by atoms with E-state index >= 15 is 0 Å². The number of benzene rings is 1. The average Bonchev–Trinajstić information content (AvgIpc) is 2.47. The Labute approximate surface area is 124 Å². The molecule has 0 aliphatic carbocycles. The predicted octanol–water partition coefficient (Wildman–Crippen LogP) is 2.59. The summed E-state index contributed by atoms with van der Waals surface area (Å²) in [6, 6.07) is 7.22. The molecule has 0 saturated carbocycles. The lowest BCUT2D eigenvalue weighted by Crippen LogP contribution is -2.13. The van der Waals surface area contributed by atoms with Crippen LogP contribution in [-0.2, 0) is 19.1 Å². The highest BCUT2D eigenvalue weighted by Gasteiger charge is 2.16. The van der Waals surface area contributed by atoms with Crippen LogP contribution in [0.25, 0.3) is 6.08 Å². The molecule has 0 radical (unpaired) electrons. The van der Waals surface area contributed by atoms with Gasteiger partial charge in [0, 0.05) is 11.1 Å². The second-order valence-electron chi connectivity index (χ2n) is 4.11. The zero-order chi connectivity index (χ0) is 15.7. The van der Waals surface area contributed by atoms with E-state index in [1.165, 1.54) is 0 Å². The molecule has 114 valence electrons. The lowest BCUT2D eigenvalue weighted by atomic mass is 10.1. The van der Waals surface area contributed by atoms with Crippen molar-refractivity contribution in [2.75, 3.05) is 20.3 Å². The first kappa shape index (κ1) is 16.8. The van der Waals surface area contributed by atoms with Crippen LogP contribution >= 0.6 is 0 Å². The molecule has 0 fully saturated rings. The van der Waals surface area contributed by atoms with E-state index in [9.17, 15) is 9.59 Å². The standard InChI is InChI=1S/C16H20O5/c1-4-20-15(17)11-13(16(18)21-5-2)10-12-8-6-7-9-14(12)19-3/h6-10H,4-5,11H2,1-3H3. The first-order valence-corrected chi connectivity index (χ1v) is 6.78. The zero-order valence-corrected chi connectivity index (χ0v) is 12.5. The molecule has 0 aliphatic rings. The number of para-hydroxylation sites is 1. The van der Waals surface area contributed by atoms with Gasteiger partial charge in [-0.3, -0.25) is 4.79 Å². The molecule has 0 bridgehead atoms. The summed E-state index contributed by atoms with van der Waals surface area (Å²) in [5.41, 5.74) is 0.937. The largest absolute Gasteiger partial charge is 0.496 e. The van der Waals surface area contributed by atoms with Crippen molar-refractivity contribution in [2.45, 2.75) is 20.3 Å². The molecule has 1 aromatic carbocycles. The SMILES string of the molecule is CCOC(=O)CC(=Cc1ccccc1OC)C(=O)OCC. The Balaban J connectivity index is 3.06. The molecule has 5 heteroatoms. The molecule has 0 amide bonds. The summed E-state index contributed by atoms with van der Waals surface area (Å²) < 4.78 is 15.1. The molecule has 0 unspecified atom stereocenters. The second kappa shape index (κ2) is 8.79. The molecule has 0 spiro atoms. The smallest absolute Gasteiger partial charge is 0.334 e. The number of carbonyl (C=O) groups excluding carboxylic acids is 2. The summed E-state index contributed by atoms with van der Waals surface area (Å²) in [6.07, 6.45) is 1.46. The van der Waals surface area contributed by atoms with E-state index in [2.05, 4.69) is 0 Å². The molecule has 0 aliphatic heterocycles. The Hall–Kier alpha value is -2.30. The van der Waals surface area contributed by atoms with Crippen molar-refractivity contribution >= 4 is 18.0 Å². The number of hydrogen-bond donors (Lipinski definition) is 0. The van der Waals surface area contributed by atoms with Gasteiger partial charge in [-0.2, -0.15) is 0 Å². The van der Waals surface area contributed by atoms with Crippen molar-refractivity contribution in [3.8, 4) is 5.75 Å². The third-order valence-corrected chi connectivity index (χ3v) is 2.65. The number of ether oxygens (including phenoxy) is 3. The Kier molecular flexibility index (Phi) is 7.01. The van der Waals surface area contributed by atoms with Gasteiger partial charge < -0.3 is 14.2 Å². The molecule has 5 nitrogen and oxygen atoms in total. The van der Waals surface area contributed by atoms with Crippen molar-refractivity contribution in [3.63, 3.8) is 0 Å². The van der Waals surface area contributed by atoms with Crippen LogP contribution in [0.15, 0.2) is 29.8 Å². The summed E-state index contributed by atoms with van der Waals surface area (Å²) in [5.74, 6) is -0.383. The normalized spacial score (nSPS) is 10.9. The number of esters is 2. The quantitative estimate of drug-likeness (QED) is 0.571. The molecular formula is C16H20O5. The zero-order valence-electron chi connectivity index (χ0n) is 12.5. The van der Waals surface area contributed by atoms with Gasteiger partial charge in [-0.25, -0.2) is 4.79 Å². The van der Waals surface area contributed by atoms with Crippen LogP contribution in [0.1, 0.15) is 25.8 Å². The third kappa shape index (κ3) is 5.30. The van der Waals surface area contributed by atoms with E-state index in [4.69, 9.17) is 14.2 Å². The van der Waals surface area contributed by atoms with Crippen molar-refractivity contribution in [1.29, 1.82) is 0 Å². The number of carbonyl (C=O) groups is 2. The topological polar surface area (TPSA) is 61.8 Å². The molecule has 21 heavy (non-hydrogen) atoms. The van der Waals surface area contributed by atoms with E-state index in [1.54, 1.807) is 39.2 Å². The van der Waals surface area contributed by atoms with Crippen molar-refractivity contribution in [2.24, 2.45) is 0 Å². The maximum Gasteiger partial charge on any atom is 0.334 e. The molecule has 0 atom stereocenters. The van der Waals surface area contributed by atoms with Gasteiger partial charge in [0.15, 0.2) is 0 Å². The van der Waals surface area contributed by atoms with Crippen molar-refractivity contribution in [3.05, 3.63) is 35.4 Å². The lowest BCUT2D eigenvalue weighted by molar-refractivity contribution is -0.145. The van der Waals surface area contributed by atoms with E-state index < -0.39 is 11.9 Å². The van der Waals surface area contributed by atoms with Gasteiger partial charge >= 0.3 is 11.9 Å². The summed E-state index contributed by atoms with van der Waals surface area (Å²) >= 11 is 0. The van der Waals surface area contributed by atoms with Crippen LogP contribution in [0.3, 0.4) is 0 Å². The first-order valence-electron chi connectivity index (χ1n) is 6.78. The fourth-order valence-corrected chi connectivity index (χ4v) is 1.75. The lowest BCUT2D eigenvalue weighted by Gasteiger charge is -2.09. The third-order valence-electron chi connectivity index (χ3n) is 2.65. The fraction of sp³-hybridized carbons (Fsp3) is 0.375. The molecule has 0 aromatic heterocycles. The highest BCUT2D eigenvalue weighted by molar-refractivity contribution is 5.98. The monoisotopic (exact) mass is 292 g/mol. The number of hydrogen-bond acceptors (Lipinski definition) is 5. The van der Waals surface area contributed by atoms with E-state index in [1.807, 2.05) is 12.1 Å². The van der Waals surface area contributed by atoms with Crippen molar-refractivity contribution in [1.82, 2.24) is 0 Å². The number of rotatable bonds is 7. The number of methoxy groups -OCH3 is 1. The minimum absolute atomic E-state index is 0.134. The van der Waals surface area contributed by atoms with E-state index in [-0.39, 0.29) is 25.2 Å². The van der Waals surface area contributed by atoms with Crippen LogP contribution < -0.4 is 4.74 Å². The van der Waals surface area contributed by atoms with Crippen molar-refractivity contribution < 1.29 is 23.8 Å². The van der Waals surface area contributed by atoms with E-state index in [0.29, 0.717) is 11.3 Å².